The fourth-order valence-electron chi connectivity index (χ4n) is 5.15. The molecule has 3 aromatic carbocycles. The van der Waals surface area contributed by atoms with E-state index in [1.165, 1.54) is 11.0 Å². The van der Waals surface area contributed by atoms with Crippen molar-refractivity contribution in [1.82, 2.24) is 0 Å². The molecule has 3 aromatic rings. The number of nitrogens with zero attached hydrogens (tertiary/aromatic N) is 1. The number of anilines is 2. The molecule has 0 saturated heterocycles. The Bertz CT molecular complexity index is 1370. The largest absolute Gasteiger partial charge is 0.481 e. The van der Waals surface area contributed by atoms with Crippen LogP contribution >= 0.6 is 0 Å². The molecular formula is C29H25FN2O4. The molecule has 2 aliphatic rings. The Balaban J connectivity index is 1.70. The Labute approximate surface area is 208 Å². The molecule has 1 aliphatic carbocycles. The van der Waals surface area contributed by atoms with Crippen molar-refractivity contribution in [3.8, 4) is 0 Å². The van der Waals surface area contributed by atoms with Gasteiger partial charge in [-0.3, -0.25) is 19.3 Å². The zero-order chi connectivity index (χ0) is 25.2. The Morgan fingerprint density at radius 3 is 2.36 bits per heavy atom. The minimum atomic E-state index is -1.11. The van der Waals surface area contributed by atoms with Gasteiger partial charge in [-0.25, -0.2) is 4.39 Å². The Hall–Kier alpha value is -4.26. The van der Waals surface area contributed by atoms with Crippen molar-refractivity contribution >= 4 is 29.0 Å². The van der Waals surface area contributed by atoms with Crippen LogP contribution in [0, 0.1) is 5.82 Å². The zero-order valence-electron chi connectivity index (χ0n) is 19.5. The number of hydrogen-bond acceptors (Lipinski definition) is 4. The quantitative estimate of drug-likeness (QED) is 0.493. The van der Waals surface area contributed by atoms with Crippen LogP contribution in [-0.4, -0.2) is 22.8 Å². The lowest BCUT2D eigenvalue weighted by molar-refractivity contribution is -0.138. The third-order valence-electron chi connectivity index (χ3n) is 6.78. The fourth-order valence-corrected chi connectivity index (χ4v) is 5.15. The zero-order valence-corrected chi connectivity index (χ0v) is 19.5. The van der Waals surface area contributed by atoms with Gasteiger partial charge in [-0.2, -0.15) is 0 Å². The van der Waals surface area contributed by atoms with Crippen LogP contribution in [0.4, 0.5) is 15.8 Å². The minimum Gasteiger partial charge on any atom is -0.481 e. The summed E-state index contributed by atoms with van der Waals surface area (Å²) in [7, 11) is 0. The highest BCUT2D eigenvalue weighted by Gasteiger charge is 2.42. The van der Waals surface area contributed by atoms with Crippen LogP contribution in [0.5, 0.6) is 0 Å². The van der Waals surface area contributed by atoms with Gasteiger partial charge in [-0.15, -0.1) is 0 Å². The molecule has 1 aliphatic heterocycles. The van der Waals surface area contributed by atoms with Crippen LogP contribution in [0.3, 0.4) is 0 Å². The Morgan fingerprint density at radius 1 is 0.917 bits per heavy atom. The SMILES string of the molecule is O=C(O)CCC(=O)N1c2ccccc2NC2=C(C(=O)C[C@H](c3ccccc3)C2)[C@H]1c1ccccc1F. The summed E-state index contributed by atoms with van der Waals surface area (Å²) in [6, 6.07) is 22.0. The van der Waals surface area contributed by atoms with Crippen LogP contribution < -0.4 is 10.2 Å². The van der Waals surface area contributed by atoms with E-state index in [9.17, 15) is 19.5 Å². The molecule has 2 atom stereocenters. The Morgan fingerprint density at radius 2 is 1.61 bits per heavy atom. The topological polar surface area (TPSA) is 86.7 Å². The summed E-state index contributed by atoms with van der Waals surface area (Å²) in [5.74, 6) is -2.37. The van der Waals surface area contributed by atoms with Gasteiger partial charge in [0, 0.05) is 29.7 Å². The molecule has 7 heteroatoms. The van der Waals surface area contributed by atoms with Gasteiger partial charge in [0.2, 0.25) is 5.91 Å². The maximum atomic E-state index is 15.3. The third-order valence-corrected chi connectivity index (χ3v) is 6.78. The molecule has 0 bridgehead atoms. The van der Waals surface area contributed by atoms with Gasteiger partial charge < -0.3 is 10.4 Å². The molecule has 0 spiro atoms. The second-order valence-corrected chi connectivity index (χ2v) is 9.05. The molecule has 2 N–H and O–H groups in total. The fraction of sp³-hybridized carbons (Fsp3) is 0.207. The molecule has 1 heterocycles. The van der Waals surface area contributed by atoms with Crippen molar-refractivity contribution in [2.24, 2.45) is 0 Å². The number of benzene rings is 3. The highest BCUT2D eigenvalue weighted by molar-refractivity contribution is 6.06. The molecule has 1 amide bonds. The predicted octanol–water partition coefficient (Wildman–Crippen LogP) is 5.59. The van der Waals surface area contributed by atoms with Crippen LogP contribution in [0.25, 0.3) is 0 Å². The maximum Gasteiger partial charge on any atom is 0.303 e. The maximum absolute atomic E-state index is 15.3. The number of carboxylic acid groups (broad SMARTS) is 1. The molecule has 0 aromatic heterocycles. The van der Waals surface area contributed by atoms with Crippen molar-refractivity contribution in [3.05, 3.63) is 107 Å². The van der Waals surface area contributed by atoms with E-state index in [0.29, 0.717) is 29.1 Å². The first kappa shape index (κ1) is 23.5. The second-order valence-electron chi connectivity index (χ2n) is 9.05. The summed E-state index contributed by atoms with van der Waals surface area (Å²) in [5, 5.41) is 12.6. The molecular weight excluding hydrogens is 459 g/mol. The molecule has 0 unspecified atom stereocenters. The summed E-state index contributed by atoms with van der Waals surface area (Å²) in [6.07, 6.45) is 0.0907. The Kier molecular flexibility index (Phi) is 6.38. The van der Waals surface area contributed by atoms with Gasteiger partial charge in [-0.05, 0) is 36.1 Å². The van der Waals surface area contributed by atoms with Crippen LogP contribution in [0.2, 0.25) is 0 Å². The van der Waals surface area contributed by atoms with Crippen molar-refractivity contribution in [3.63, 3.8) is 0 Å². The standard InChI is InChI=1S/C29H25FN2O4/c30-21-11-5-4-10-20(21)29-28-23(16-19(17-25(28)33)18-8-2-1-3-9-18)31-22-12-6-7-13-24(22)32(29)26(34)14-15-27(35)36/h1-13,19,29,31H,14-17H2,(H,35,36)/t19-,29-/m1/s1. The van der Waals surface area contributed by atoms with Gasteiger partial charge in [0.1, 0.15) is 5.82 Å². The molecule has 6 nitrogen and oxygen atoms in total. The third kappa shape index (κ3) is 4.40. The number of rotatable bonds is 5. The second kappa shape index (κ2) is 9.77. The monoisotopic (exact) mass is 484 g/mol. The van der Waals surface area contributed by atoms with Gasteiger partial charge in [-0.1, -0.05) is 60.7 Å². The van der Waals surface area contributed by atoms with E-state index < -0.39 is 23.7 Å². The van der Waals surface area contributed by atoms with Gasteiger partial charge in [0.05, 0.1) is 23.8 Å². The van der Waals surface area contributed by atoms with Crippen molar-refractivity contribution < 1.29 is 23.9 Å². The summed E-state index contributed by atoms with van der Waals surface area (Å²) in [6.45, 7) is 0. The molecule has 0 radical (unpaired) electrons. The van der Waals surface area contributed by atoms with Crippen LogP contribution in [0.15, 0.2) is 90.1 Å². The number of allylic oxidation sites excluding steroid dienone is 1. The highest BCUT2D eigenvalue weighted by Crippen LogP contribution is 2.48. The van der Waals surface area contributed by atoms with E-state index in [1.54, 1.807) is 36.4 Å². The summed E-state index contributed by atoms with van der Waals surface area (Å²) < 4.78 is 15.3. The van der Waals surface area contributed by atoms with E-state index in [4.69, 9.17) is 0 Å². The first-order valence-corrected chi connectivity index (χ1v) is 11.9. The summed E-state index contributed by atoms with van der Waals surface area (Å²) >= 11 is 0. The van der Waals surface area contributed by atoms with E-state index in [0.717, 1.165) is 5.56 Å². The number of carboxylic acids is 1. The van der Waals surface area contributed by atoms with Gasteiger partial charge >= 0.3 is 5.97 Å². The first-order valence-electron chi connectivity index (χ1n) is 11.9. The number of carbonyl (C=O) groups is 3. The molecule has 182 valence electrons. The smallest absolute Gasteiger partial charge is 0.303 e. The number of fused-ring (bicyclic) bond motifs is 1. The lowest BCUT2D eigenvalue weighted by atomic mass is 9.78. The van der Waals surface area contributed by atoms with E-state index in [2.05, 4.69) is 5.32 Å². The minimum absolute atomic E-state index is 0.0624. The normalized spacial score (nSPS) is 19.1. The van der Waals surface area contributed by atoms with Crippen LogP contribution in [0.1, 0.15) is 48.8 Å². The lowest BCUT2D eigenvalue weighted by Gasteiger charge is -2.35. The number of amides is 1. The summed E-state index contributed by atoms with van der Waals surface area (Å²) in [4.78, 5) is 40.0. The number of para-hydroxylation sites is 2. The van der Waals surface area contributed by atoms with Gasteiger partial charge in [0.15, 0.2) is 5.78 Å². The number of halogens is 1. The average Bonchev–Trinajstić information content (AvgIpc) is 3.02. The molecule has 0 saturated carbocycles. The highest BCUT2D eigenvalue weighted by atomic mass is 19.1. The first-order chi connectivity index (χ1) is 17.4. The van der Waals surface area contributed by atoms with Crippen molar-refractivity contribution in [2.75, 3.05) is 10.2 Å². The molecule has 36 heavy (non-hydrogen) atoms. The van der Waals surface area contributed by atoms with Gasteiger partial charge in [0.25, 0.3) is 0 Å². The number of nitrogens with one attached hydrogen (secondary N) is 1. The van der Waals surface area contributed by atoms with Crippen LogP contribution in [-0.2, 0) is 14.4 Å². The summed E-state index contributed by atoms with van der Waals surface area (Å²) in [5.41, 5.74) is 3.29. The number of ketones is 1. The van der Waals surface area contributed by atoms with Crippen molar-refractivity contribution in [2.45, 2.75) is 37.6 Å². The van der Waals surface area contributed by atoms with E-state index >= 15 is 4.39 Å². The van der Waals surface area contributed by atoms with E-state index in [-0.39, 0.29) is 36.5 Å². The van der Waals surface area contributed by atoms with E-state index in [1.807, 2.05) is 36.4 Å². The molecule has 0 fully saturated rings. The number of hydrogen-bond donors (Lipinski definition) is 2. The lowest BCUT2D eigenvalue weighted by Crippen LogP contribution is -2.39. The average molecular weight is 485 g/mol. The number of aliphatic carboxylic acids is 1. The number of Topliss-reactive ketones (excluding diaryl/α,β-unsaturated/α-hetero) is 1. The van der Waals surface area contributed by atoms with Crippen molar-refractivity contribution in [1.29, 1.82) is 0 Å². The number of carbonyl (C=O) groups excluding carboxylic acids is 2. The molecule has 5 rings (SSSR count). The predicted molar refractivity (Wildman–Crippen MR) is 134 cm³/mol.